The quantitative estimate of drug-likeness (QED) is 0.576. The average Bonchev–Trinajstić information content (AvgIpc) is 2.67. The standard InChI is InChI=1S/C8H8ClN5.ClH/c9-7-2-1-6(4-11-7)14-8(3-10)12-5-13-14;/h1-2,4-5H,3,10H2;1H. The smallest absolute Gasteiger partial charge is 0.186 e. The number of hydrogen-bond donors (Lipinski definition) is 1. The van der Waals surface area contributed by atoms with Crippen molar-refractivity contribution < 1.29 is 18.1 Å². The van der Waals surface area contributed by atoms with E-state index >= 15 is 0 Å². The SMILES string of the molecule is [Cl-].[NH3+]Cc1ncnn1-c1ccc(Cl)nc1. The minimum atomic E-state index is 0. The van der Waals surface area contributed by atoms with E-state index in [9.17, 15) is 0 Å². The van der Waals surface area contributed by atoms with Gasteiger partial charge in [0.25, 0.3) is 0 Å². The molecule has 0 aromatic carbocycles. The number of nitrogens with zero attached hydrogens (tertiary/aromatic N) is 4. The number of hydrogen-bond acceptors (Lipinski definition) is 3. The molecule has 0 unspecified atom stereocenters. The van der Waals surface area contributed by atoms with Crippen molar-refractivity contribution in [3.8, 4) is 5.69 Å². The first kappa shape index (κ1) is 11.9. The molecule has 5 nitrogen and oxygen atoms in total. The molecule has 80 valence electrons. The highest BCUT2D eigenvalue weighted by molar-refractivity contribution is 6.29. The monoisotopic (exact) mass is 245 g/mol. The van der Waals surface area contributed by atoms with Gasteiger partial charge in [0.1, 0.15) is 18.0 Å². The van der Waals surface area contributed by atoms with Gasteiger partial charge >= 0.3 is 0 Å². The molecular formula is C8H9Cl2N5. The van der Waals surface area contributed by atoms with E-state index in [-0.39, 0.29) is 12.4 Å². The molecule has 0 bridgehead atoms. The third-order valence-electron chi connectivity index (χ3n) is 1.80. The van der Waals surface area contributed by atoms with Crippen LogP contribution >= 0.6 is 11.6 Å². The van der Waals surface area contributed by atoms with Crippen molar-refractivity contribution in [1.82, 2.24) is 19.7 Å². The molecule has 0 saturated carbocycles. The van der Waals surface area contributed by atoms with E-state index < -0.39 is 0 Å². The first-order chi connectivity index (χ1) is 6.81. The first-order valence-corrected chi connectivity index (χ1v) is 4.49. The molecule has 3 N–H and O–H groups in total. The number of aromatic nitrogens is 4. The van der Waals surface area contributed by atoms with Crippen molar-refractivity contribution in [3.63, 3.8) is 0 Å². The van der Waals surface area contributed by atoms with Crippen molar-refractivity contribution in [2.75, 3.05) is 0 Å². The Morgan fingerprint density at radius 2 is 2.13 bits per heavy atom. The van der Waals surface area contributed by atoms with Gasteiger partial charge in [-0.25, -0.2) is 14.6 Å². The minimum absolute atomic E-state index is 0. The van der Waals surface area contributed by atoms with Crippen LogP contribution in [0.15, 0.2) is 24.7 Å². The lowest BCUT2D eigenvalue weighted by molar-refractivity contribution is -0.388. The Balaban J connectivity index is 0.00000112. The molecule has 15 heavy (non-hydrogen) atoms. The van der Waals surface area contributed by atoms with Gasteiger partial charge in [0, 0.05) is 0 Å². The van der Waals surface area contributed by atoms with Crippen molar-refractivity contribution in [2.24, 2.45) is 0 Å². The summed E-state index contributed by atoms with van der Waals surface area (Å²) >= 11 is 5.68. The van der Waals surface area contributed by atoms with Gasteiger partial charge < -0.3 is 18.1 Å². The Bertz CT molecular complexity index is 425. The second kappa shape index (κ2) is 5.06. The van der Waals surface area contributed by atoms with Crippen molar-refractivity contribution >= 4 is 11.6 Å². The average molecular weight is 246 g/mol. The summed E-state index contributed by atoms with van der Waals surface area (Å²) < 4.78 is 1.69. The van der Waals surface area contributed by atoms with Gasteiger partial charge in [-0.2, -0.15) is 5.10 Å². The third kappa shape index (κ3) is 2.44. The van der Waals surface area contributed by atoms with Crippen molar-refractivity contribution in [2.45, 2.75) is 6.54 Å². The molecule has 2 rings (SSSR count). The maximum Gasteiger partial charge on any atom is 0.186 e. The molecule has 0 saturated heterocycles. The van der Waals surface area contributed by atoms with Crippen LogP contribution in [0.4, 0.5) is 0 Å². The Morgan fingerprint density at radius 1 is 1.33 bits per heavy atom. The second-order valence-corrected chi connectivity index (χ2v) is 3.06. The molecule has 0 atom stereocenters. The lowest BCUT2D eigenvalue weighted by Gasteiger charge is -2.01. The molecule has 0 spiro atoms. The van der Waals surface area contributed by atoms with Crippen LogP contribution in [0.5, 0.6) is 0 Å². The second-order valence-electron chi connectivity index (χ2n) is 2.68. The Kier molecular flexibility index (Phi) is 4.02. The van der Waals surface area contributed by atoms with Crippen LogP contribution < -0.4 is 18.1 Å². The summed E-state index contributed by atoms with van der Waals surface area (Å²) in [6.45, 7) is 0.586. The van der Waals surface area contributed by atoms with Gasteiger partial charge in [-0.15, -0.1) is 0 Å². The number of quaternary nitrogens is 1. The zero-order valence-corrected chi connectivity index (χ0v) is 9.28. The van der Waals surface area contributed by atoms with Crippen molar-refractivity contribution in [1.29, 1.82) is 0 Å². The van der Waals surface area contributed by atoms with Crippen LogP contribution in [0.3, 0.4) is 0 Å². The Morgan fingerprint density at radius 3 is 2.73 bits per heavy atom. The van der Waals surface area contributed by atoms with Gasteiger partial charge in [-0.1, -0.05) is 11.6 Å². The highest BCUT2D eigenvalue weighted by Gasteiger charge is 2.05. The zero-order valence-electron chi connectivity index (χ0n) is 7.77. The molecule has 7 heteroatoms. The summed E-state index contributed by atoms with van der Waals surface area (Å²) in [5.41, 5.74) is 4.60. The fourth-order valence-corrected chi connectivity index (χ4v) is 1.26. The summed E-state index contributed by atoms with van der Waals surface area (Å²) in [6.07, 6.45) is 3.14. The maximum atomic E-state index is 5.68. The third-order valence-corrected chi connectivity index (χ3v) is 2.02. The molecule has 0 aliphatic carbocycles. The van der Waals surface area contributed by atoms with E-state index in [0.29, 0.717) is 11.7 Å². The van der Waals surface area contributed by atoms with Gasteiger partial charge in [-0.05, 0) is 12.1 Å². The normalized spacial score (nSPS) is 9.73. The topological polar surface area (TPSA) is 71.2 Å². The largest absolute Gasteiger partial charge is 1.00 e. The number of pyridine rings is 1. The summed E-state index contributed by atoms with van der Waals surface area (Å²) in [4.78, 5) is 8.03. The van der Waals surface area contributed by atoms with Crippen LogP contribution in [0.1, 0.15) is 5.82 Å². The lowest BCUT2D eigenvalue weighted by atomic mass is 10.4. The predicted molar refractivity (Wildman–Crippen MR) is 50.8 cm³/mol. The summed E-state index contributed by atoms with van der Waals surface area (Å²) in [6, 6.07) is 3.55. The molecule has 0 aliphatic rings. The summed E-state index contributed by atoms with van der Waals surface area (Å²) in [7, 11) is 0. The molecule has 0 amide bonds. The number of halogens is 2. The van der Waals surface area contributed by atoms with Gasteiger partial charge in [0.05, 0.1) is 11.9 Å². The van der Waals surface area contributed by atoms with Crippen LogP contribution in [-0.4, -0.2) is 19.7 Å². The van der Waals surface area contributed by atoms with Crippen molar-refractivity contribution in [3.05, 3.63) is 35.6 Å². The van der Waals surface area contributed by atoms with E-state index in [1.165, 1.54) is 6.33 Å². The molecule has 0 aliphatic heterocycles. The molecule has 2 aromatic heterocycles. The maximum absolute atomic E-state index is 5.68. The van der Waals surface area contributed by atoms with Crippen LogP contribution in [0.2, 0.25) is 5.15 Å². The van der Waals surface area contributed by atoms with E-state index in [2.05, 4.69) is 20.8 Å². The highest BCUT2D eigenvalue weighted by Crippen LogP contribution is 2.09. The minimum Gasteiger partial charge on any atom is -1.00 e. The van der Waals surface area contributed by atoms with Gasteiger partial charge in [0.15, 0.2) is 5.82 Å². The predicted octanol–water partition coefficient (Wildman–Crippen LogP) is -2.94. The molecular weight excluding hydrogens is 237 g/mol. The number of rotatable bonds is 2. The summed E-state index contributed by atoms with van der Waals surface area (Å²) in [5, 5.41) is 4.53. The molecule has 2 heterocycles. The van der Waals surface area contributed by atoms with Crippen LogP contribution in [0.25, 0.3) is 5.69 Å². The molecule has 0 radical (unpaired) electrons. The Hall–Kier alpha value is -1.17. The zero-order chi connectivity index (χ0) is 9.97. The first-order valence-electron chi connectivity index (χ1n) is 4.11. The van der Waals surface area contributed by atoms with Crippen LogP contribution in [-0.2, 0) is 6.54 Å². The fraction of sp³-hybridized carbons (Fsp3) is 0.125. The van der Waals surface area contributed by atoms with Crippen LogP contribution in [0, 0.1) is 0 Å². The molecule has 2 aromatic rings. The fourth-order valence-electron chi connectivity index (χ4n) is 1.14. The van der Waals surface area contributed by atoms with E-state index in [1.54, 1.807) is 16.9 Å². The van der Waals surface area contributed by atoms with Gasteiger partial charge in [-0.3, -0.25) is 0 Å². The lowest BCUT2D eigenvalue weighted by Crippen LogP contribution is -3.00. The Labute approximate surface area is 97.7 Å². The van der Waals surface area contributed by atoms with Gasteiger partial charge in [0.2, 0.25) is 0 Å². The summed E-state index contributed by atoms with van der Waals surface area (Å²) in [5.74, 6) is 0.800. The molecule has 0 fully saturated rings. The van der Waals surface area contributed by atoms with E-state index in [4.69, 9.17) is 11.6 Å². The van der Waals surface area contributed by atoms with E-state index in [1.807, 2.05) is 6.07 Å². The van der Waals surface area contributed by atoms with E-state index in [0.717, 1.165) is 11.5 Å². The highest BCUT2D eigenvalue weighted by atomic mass is 35.5.